The molecule has 0 aromatic heterocycles. The summed E-state index contributed by atoms with van der Waals surface area (Å²) in [4.78, 5) is 21.7. The van der Waals surface area contributed by atoms with Crippen molar-refractivity contribution in [2.45, 2.75) is 19.4 Å². The molecule has 1 aromatic rings. The van der Waals surface area contributed by atoms with Gasteiger partial charge in [-0.3, -0.25) is 4.79 Å². The number of carboxylic acid groups (broad SMARTS) is 1. The second-order valence-electron chi connectivity index (χ2n) is 3.50. The summed E-state index contributed by atoms with van der Waals surface area (Å²) in [6.45, 7) is 1.65. The van der Waals surface area contributed by atoms with E-state index >= 15 is 0 Å². The standard InChI is InChI=1S/C11H13FN2O3/c1-2-8(11(16)17)14-9-5-6(10(13)15)3-4-7(9)12/h3-5,8,14H,2H2,1H3,(H2,13,15)(H,16,17). The molecule has 0 saturated carbocycles. The van der Waals surface area contributed by atoms with Crippen LogP contribution < -0.4 is 11.1 Å². The molecule has 0 saturated heterocycles. The topological polar surface area (TPSA) is 92.4 Å². The summed E-state index contributed by atoms with van der Waals surface area (Å²) < 4.78 is 13.4. The highest BCUT2D eigenvalue weighted by Gasteiger charge is 2.17. The third-order valence-corrected chi connectivity index (χ3v) is 2.29. The quantitative estimate of drug-likeness (QED) is 0.721. The Labute approximate surface area is 97.4 Å². The molecular formula is C11H13FN2O3. The zero-order chi connectivity index (χ0) is 13.0. The van der Waals surface area contributed by atoms with Gasteiger partial charge in [-0.2, -0.15) is 0 Å². The summed E-state index contributed by atoms with van der Waals surface area (Å²) in [6, 6.07) is 2.60. The predicted octanol–water partition coefficient (Wildman–Crippen LogP) is 1.20. The Balaban J connectivity index is 3.00. The van der Waals surface area contributed by atoms with Gasteiger partial charge in [-0.15, -0.1) is 0 Å². The molecule has 0 fully saturated rings. The van der Waals surface area contributed by atoms with Gasteiger partial charge >= 0.3 is 5.97 Å². The lowest BCUT2D eigenvalue weighted by molar-refractivity contribution is -0.137. The number of benzene rings is 1. The zero-order valence-corrected chi connectivity index (χ0v) is 9.24. The van der Waals surface area contributed by atoms with Crippen LogP contribution in [0.4, 0.5) is 10.1 Å². The Morgan fingerprint density at radius 1 is 1.53 bits per heavy atom. The monoisotopic (exact) mass is 240 g/mol. The van der Waals surface area contributed by atoms with Crippen molar-refractivity contribution >= 4 is 17.6 Å². The molecule has 1 atom stereocenters. The van der Waals surface area contributed by atoms with Gasteiger partial charge in [0.25, 0.3) is 0 Å². The molecule has 0 bridgehead atoms. The lowest BCUT2D eigenvalue weighted by Crippen LogP contribution is -2.28. The van der Waals surface area contributed by atoms with Gasteiger partial charge in [0.1, 0.15) is 11.9 Å². The highest BCUT2D eigenvalue weighted by molar-refractivity contribution is 5.94. The molecular weight excluding hydrogens is 227 g/mol. The van der Waals surface area contributed by atoms with Crippen molar-refractivity contribution in [1.82, 2.24) is 0 Å². The van der Waals surface area contributed by atoms with E-state index in [4.69, 9.17) is 10.8 Å². The molecule has 1 rings (SSSR count). The number of amides is 1. The molecule has 0 aliphatic heterocycles. The van der Waals surface area contributed by atoms with E-state index in [1.807, 2.05) is 0 Å². The number of anilines is 1. The van der Waals surface area contributed by atoms with Gasteiger partial charge in [0.2, 0.25) is 5.91 Å². The smallest absolute Gasteiger partial charge is 0.326 e. The Morgan fingerprint density at radius 3 is 2.65 bits per heavy atom. The first-order chi connectivity index (χ1) is 7.95. The van der Waals surface area contributed by atoms with Gasteiger partial charge in [0.05, 0.1) is 5.69 Å². The second kappa shape index (κ2) is 5.29. The molecule has 0 heterocycles. The van der Waals surface area contributed by atoms with Crippen LogP contribution in [0.3, 0.4) is 0 Å². The molecule has 92 valence electrons. The Morgan fingerprint density at radius 2 is 2.18 bits per heavy atom. The Hall–Kier alpha value is -2.11. The van der Waals surface area contributed by atoms with Crippen LogP contribution in [0.25, 0.3) is 0 Å². The molecule has 1 amide bonds. The minimum absolute atomic E-state index is 0.0458. The van der Waals surface area contributed by atoms with Crippen LogP contribution in [-0.4, -0.2) is 23.0 Å². The first-order valence-electron chi connectivity index (χ1n) is 5.04. The number of hydrogen-bond donors (Lipinski definition) is 3. The Bertz CT molecular complexity index is 448. The maximum absolute atomic E-state index is 13.4. The SMILES string of the molecule is CCC(Nc1cc(C(N)=O)ccc1F)C(=O)O. The number of carboxylic acids is 1. The van der Waals surface area contributed by atoms with Gasteiger partial charge in [-0.1, -0.05) is 6.92 Å². The molecule has 4 N–H and O–H groups in total. The molecule has 0 aliphatic rings. The lowest BCUT2D eigenvalue weighted by Gasteiger charge is -2.14. The van der Waals surface area contributed by atoms with Gasteiger partial charge in [-0.05, 0) is 24.6 Å². The summed E-state index contributed by atoms with van der Waals surface area (Å²) in [6.07, 6.45) is 0.287. The summed E-state index contributed by atoms with van der Waals surface area (Å²) in [7, 11) is 0. The fraction of sp³-hybridized carbons (Fsp3) is 0.273. The van der Waals surface area contributed by atoms with Crippen LogP contribution in [0, 0.1) is 5.82 Å². The number of hydrogen-bond acceptors (Lipinski definition) is 3. The van der Waals surface area contributed by atoms with Crippen LogP contribution in [0.5, 0.6) is 0 Å². The van der Waals surface area contributed by atoms with Crippen molar-refractivity contribution in [3.8, 4) is 0 Å². The first-order valence-corrected chi connectivity index (χ1v) is 5.04. The molecule has 0 radical (unpaired) electrons. The van der Waals surface area contributed by atoms with Crippen LogP contribution in [0.15, 0.2) is 18.2 Å². The molecule has 1 aromatic carbocycles. The maximum atomic E-state index is 13.4. The molecule has 0 spiro atoms. The minimum atomic E-state index is -1.09. The summed E-state index contributed by atoms with van der Waals surface area (Å²) >= 11 is 0. The van der Waals surface area contributed by atoms with E-state index < -0.39 is 23.7 Å². The van der Waals surface area contributed by atoms with Crippen molar-refractivity contribution < 1.29 is 19.1 Å². The molecule has 0 aliphatic carbocycles. The average Bonchev–Trinajstić information content (AvgIpc) is 2.27. The largest absolute Gasteiger partial charge is 0.480 e. The third kappa shape index (κ3) is 3.17. The summed E-state index contributed by atoms with van der Waals surface area (Å²) in [5.74, 6) is -2.41. The number of nitrogens with two attached hydrogens (primary N) is 1. The number of carbonyl (C=O) groups is 2. The number of rotatable bonds is 5. The normalized spacial score (nSPS) is 11.9. The van der Waals surface area contributed by atoms with Gasteiger partial charge in [0, 0.05) is 5.56 Å². The number of primary amides is 1. The molecule has 5 nitrogen and oxygen atoms in total. The van der Waals surface area contributed by atoms with Crippen molar-refractivity contribution in [1.29, 1.82) is 0 Å². The zero-order valence-electron chi connectivity index (χ0n) is 9.24. The molecule has 6 heteroatoms. The van der Waals surface area contributed by atoms with E-state index in [1.54, 1.807) is 6.92 Å². The minimum Gasteiger partial charge on any atom is -0.480 e. The summed E-state index contributed by atoms with van der Waals surface area (Å²) in [5, 5.41) is 11.3. The van der Waals surface area contributed by atoms with Crippen LogP contribution >= 0.6 is 0 Å². The molecule has 1 unspecified atom stereocenters. The van der Waals surface area contributed by atoms with E-state index in [0.717, 1.165) is 6.07 Å². The van der Waals surface area contributed by atoms with Crippen LogP contribution in [-0.2, 0) is 4.79 Å². The Kier molecular flexibility index (Phi) is 4.03. The van der Waals surface area contributed by atoms with Gasteiger partial charge < -0.3 is 16.2 Å². The fourth-order valence-electron chi connectivity index (χ4n) is 1.32. The highest BCUT2D eigenvalue weighted by Crippen LogP contribution is 2.17. The number of aliphatic carboxylic acids is 1. The lowest BCUT2D eigenvalue weighted by atomic mass is 10.1. The van der Waals surface area contributed by atoms with E-state index in [1.165, 1.54) is 12.1 Å². The van der Waals surface area contributed by atoms with E-state index in [-0.39, 0.29) is 17.7 Å². The fourth-order valence-corrected chi connectivity index (χ4v) is 1.32. The average molecular weight is 240 g/mol. The van der Waals surface area contributed by atoms with Crippen molar-refractivity contribution in [3.05, 3.63) is 29.6 Å². The van der Waals surface area contributed by atoms with E-state index in [2.05, 4.69) is 5.32 Å². The van der Waals surface area contributed by atoms with E-state index in [9.17, 15) is 14.0 Å². The first kappa shape index (κ1) is 13.0. The molecule has 17 heavy (non-hydrogen) atoms. The summed E-state index contributed by atoms with van der Waals surface area (Å²) in [5.41, 5.74) is 5.12. The van der Waals surface area contributed by atoms with Gasteiger partial charge in [0.15, 0.2) is 0 Å². The van der Waals surface area contributed by atoms with Gasteiger partial charge in [-0.25, -0.2) is 9.18 Å². The van der Waals surface area contributed by atoms with Crippen molar-refractivity contribution in [3.63, 3.8) is 0 Å². The van der Waals surface area contributed by atoms with Crippen molar-refractivity contribution in [2.75, 3.05) is 5.32 Å². The third-order valence-electron chi connectivity index (χ3n) is 2.29. The van der Waals surface area contributed by atoms with Crippen molar-refractivity contribution in [2.24, 2.45) is 5.73 Å². The van der Waals surface area contributed by atoms with Crippen LogP contribution in [0.1, 0.15) is 23.7 Å². The number of halogens is 1. The number of carbonyl (C=O) groups excluding carboxylic acids is 1. The highest BCUT2D eigenvalue weighted by atomic mass is 19.1. The second-order valence-corrected chi connectivity index (χ2v) is 3.50. The predicted molar refractivity (Wildman–Crippen MR) is 60.3 cm³/mol. The number of nitrogens with one attached hydrogen (secondary N) is 1. The van der Waals surface area contributed by atoms with E-state index in [0.29, 0.717) is 0 Å². The maximum Gasteiger partial charge on any atom is 0.326 e. The van der Waals surface area contributed by atoms with Crippen LogP contribution in [0.2, 0.25) is 0 Å².